The Bertz CT molecular complexity index is 483. The predicted molar refractivity (Wildman–Crippen MR) is 72.0 cm³/mol. The van der Waals surface area contributed by atoms with E-state index in [1.54, 1.807) is 12.1 Å². The van der Waals surface area contributed by atoms with Crippen LogP contribution in [0.25, 0.3) is 6.08 Å². The third-order valence-corrected chi connectivity index (χ3v) is 2.80. The third-order valence-electron chi connectivity index (χ3n) is 2.80. The van der Waals surface area contributed by atoms with Crippen LogP contribution in [0.3, 0.4) is 0 Å². The second-order valence-electron chi connectivity index (χ2n) is 4.15. The highest BCUT2D eigenvalue weighted by atomic mass is 16.3. The summed E-state index contributed by atoms with van der Waals surface area (Å²) in [6.45, 7) is 2.14. The summed E-state index contributed by atoms with van der Waals surface area (Å²) in [4.78, 5) is 0. The first-order valence-electron chi connectivity index (χ1n) is 5.78. The molecule has 0 aliphatic heterocycles. The minimum atomic E-state index is 0.313. The van der Waals surface area contributed by atoms with E-state index in [1.165, 1.54) is 11.1 Å². The molecule has 1 atom stereocenters. The molecule has 2 aromatic rings. The molecule has 0 spiro atoms. The molecule has 1 unspecified atom stereocenters. The van der Waals surface area contributed by atoms with Crippen LogP contribution in [-0.2, 0) is 0 Å². The van der Waals surface area contributed by atoms with Crippen molar-refractivity contribution < 1.29 is 5.11 Å². The molecule has 1 nitrogen and oxygen atoms in total. The minimum Gasteiger partial charge on any atom is -0.508 e. The van der Waals surface area contributed by atoms with Crippen LogP contribution in [0.4, 0.5) is 0 Å². The largest absolute Gasteiger partial charge is 0.508 e. The highest BCUT2D eigenvalue weighted by Crippen LogP contribution is 2.20. The molecule has 0 aliphatic rings. The average molecular weight is 224 g/mol. The molecule has 0 saturated carbocycles. The van der Waals surface area contributed by atoms with Crippen molar-refractivity contribution in [1.29, 1.82) is 0 Å². The van der Waals surface area contributed by atoms with Crippen LogP contribution < -0.4 is 0 Å². The topological polar surface area (TPSA) is 20.2 Å². The Hall–Kier alpha value is -2.02. The molecule has 0 radical (unpaired) electrons. The van der Waals surface area contributed by atoms with Gasteiger partial charge in [-0.1, -0.05) is 61.5 Å². The summed E-state index contributed by atoms with van der Waals surface area (Å²) in [5, 5.41) is 9.23. The zero-order valence-electron chi connectivity index (χ0n) is 9.88. The van der Waals surface area contributed by atoms with Gasteiger partial charge in [0.15, 0.2) is 0 Å². The first-order chi connectivity index (χ1) is 8.25. The standard InChI is InChI=1S/C16H16O/c1-13(15-9-11-16(17)12-10-15)7-8-14-5-3-2-4-6-14/h2-13,17H,1H3/b8-7+. The Labute approximate surface area is 102 Å². The quantitative estimate of drug-likeness (QED) is 0.828. The van der Waals surface area contributed by atoms with Gasteiger partial charge in [-0.3, -0.25) is 0 Å². The summed E-state index contributed by atoms with van der Waals surface area (Å²) in [6, 6.07) is 17.6. The predicted octanol–water partition coefficient (Wildman–Crippen LogP) is 4.21. The lowest BCUT2D eigenvalue weighted by Crippen LogP contribution is -1.87. The van der Waals surface area contributed by atoms with Gasteiger partial charge in [-0.15, -0.1) is 0 Å². The Morgan fingerprint density at radius 1 is 0.941 bits per heavy atom. The van der Waals surface area contributed by atoms with Crippen LogP contribution in [0.15, 0.2) is 60.7 Å². The maximum Gasteiger partial charge on any atom is 0.115 e. The summed E-state index contributed by atoms with van der Waals surface area (Å²) < 4.78 is 0. The first-order valence-corrected chi connectivity index (χ1v) is 5.78. The summed E-state index contributed by atoms with van der Waals surface area (Å²) >= 11 is 0. The Balaban J connectivity index is 2.09. The molecule has 2 rings (SSSR count). The Kier molecular flexibility index (Phi) is 3.61. The van der Waals surface area contributed by atoms with E-state index in [0.717, 1.165) is 0 Å². The van der Waals surface area contributed by atoms with Gasteiger partial charge in [0.05, 0.1) is 0 Å². The molecular formula is C16H16O. The molecule has 0 fully saturated rings. The van der Waals surface area contributed by atoms with E-state index in [-0.39, 0.29) is 0 Å². The number of benzene rings is 2. The molecule has 2 aromatic carbocycles. The fraction of sp³-hybridized carbons (Fsp3) is 0.125. The number of rotatable bonds is 3. The molecule has 1 heteroatoms. The number of aromatic hydroxyl groups is 1. The summed E-state index contributed by atoms with van der Waals surface area (Å²) in [5.74, 6) is 0.656. The van der Waals surface area contributed by atoms with Crippen molar-refractivity contribution in [3.8, 4) is 5.75 Å². The second kappa shape index (κ2) is 5.35. The molecule has 1 N–H and O–H groups in total. The third kappa shape index (κ3) is 3.22. The molecule has 86 valence electrons. The minimum absolute atomic E-state index is 0.313. The molecule has 0 aliphatic carbocycles. The number of hydrogen-bond donors (Lipinski definition) is 1. The lowest BCUT2D eigenvalue weighted by molar-refractivity contribution is 0.475. The van der Waals surface area contributed by atoms with Crippen molar-refractivity contribution >= 4 is 6.08 Å². The van der Waals surface area contributed by atoms with E-state index in [1.807, 2.05) is 30.3 Å². The maximum atomic E-state index is 9.23. The Morgan fingerprint density at radius 2 is 1.59 bits per heavy atom. The van der Waals surface area contributed by atoms with Crippen LogP contribution in [0.1, 0.15) is 24.0 Å². The highest BCUT2D eigenvalue weighted by molar-refractivity contribution is 5.50. The molecular weight excluding hydrogens is 208 g/mol. The SMILES string of the molecule is CC(/C=C/c1ccccc1)c1ccc(O)cc1. The van der Waals surface area contributed by atoms with Crippen molar-refractivity contribution in [3.63, 3.8) is 0 Å². The number of phenolic OH excluding ortho intramolecular Hbond substituents is 1. The van der Waals surface area contributed by atoms with Gasteiger partial charge in [-0.25, -0.2) is 0 Å². The van der Waals surface area contributed by atoms with E-state index in [9.17, 15) is 5.11 Å². The van der Waals surface area contributed by atoms with Gasteiger partial charge >= 0.3 is 0 Å². The second-order valence-corrected chi connectivity index (χ2v) is 4.15. The van der Waals surface area contributed by atoms with E-state index in [0.29, 0.717) is 11.7 Å². The zero-order valence-corrected chi connectivity index (χ0v) is 9.88. The van der Waals surface area contributed by atoms with Crippen LogP contribution in [-0.4, -0.2) is 5.11 Å². The van der Waals surface area contributed by atoms with E-state index in [4.69, 9.17) is 0 Å². The van der Waals surface area contributed by atoms with Crippen molar-refractivity contribution in [3.05, 3.63) is 71.8 Å². The zero-order chi connectivity index (χ0) is 12.1. The Morgan fingerprint density at radius 3 is 2.24 bits per heavy atom. The molecule has 0 heterocycles. The normalized spacial score (nSPS) is 12.8. The van der Waals surface area contributed by atoms with Crippen LogP contribution in [0.5, 0.6) is 5.75 Å². The van der Waals surface area contributed by atoms with E-state index < -0.39 is 0 Å². The number of allylic oxidation sites excluding steroid dienone is 1. The van der Waals surface area contributed by atoms with Crippen molar-refractivity contribution in [1.82, 2.24) is 0 Å². The summed E-state index contributed by atoms with van der Waals surface area (Å²) in [6.07, 6.45) is 4.29. The monoisotopic (exact) mass is 224 g/mol. The van der Waals surface area contributed by atoms with Gasteiger partial charge in [0, 0.05) is 0 Å². The average Bonchev–Trinajstić information content (AvgIpc) is 2.38. The van der Waals surface area contributed by atoms with Crippen molar-refractivity contribution in [2.45, 2.75) is 12.8 Å². The number of phenols is 1. The molecule has 0 amide bonds. The van der Waals surface area contributed by atoms with Gasteiger partial charge in [0.25, 0.3) is 0 Å². The van der Waals surface area contributed by atoms with Crippen LogP contribution in [0, 0.1) is 0 Å². The van der Waals surface area contributed by atoms with E-state index in [2.05, 4.69) is 31.2 Å². The van der Waals surface area contributed by atoms with E-state index >= 15 is 0 Å². The fourth-order valence-corrected chi connectivity index (χ4v) is 1.71. The van der Waals surface area contributed by atoms with Gasteiger partial charge < -0.3 is 5.11 Å². The number of hydrogen-bond acceptors (Lipinski definition) is 1. The van der Waals surface area contributed by atoms with Crippen LogP contribution in [0.2, 0.25) is 0 Å². The molecule has 0 saturated heterocycles. The smallest absolute Gasteiger partial charge is 0.115 e. The first kappa shape index (κ1) is 11.5. The highest BCUT2D eigenvalue weighted by Gasteiger charge is 2.00. The van der Waals surface area contributed by atoms with Crippen molar-refractivity contribution in [2.75, 3.05) is 0 Å². The van der Waals surface area contributed by atoms with Gasteiger partial charge in [0.1, 0.15) is 5.75 Å². The lowest BCUT2D eigenvalue weighted by Gasteiger charge is -2.06. The fourth-order valence-electron chi connectivity index (χ4n) is 1.71. The molecule has 0 aromatic heterocycles. The van der Waals surface area contributed by atoms with Gasteiger partial charge in [-0.2, -0.15) is 0 Å². The maximum absolute atomic E-state index is 9.23. The summed E-state index contributed by atoms with van der Waals surface area (Å²) in [7, 11) is 0. The van der Waals surface area contributed by atoms with Gasteiger partial charge in [0.2, 0.25) is 0 Å². The molecule has 17 heavy (non-hydrogen) atoms. The molecule has 0 bridgehead atoms. The van der Waals surface area contributed by atoms with Gasteiger partial charge in [-0.05, 0) is 29.2 Å². The summed E-state index contributed by atoms with van der Waals surface area (Å²) in [5.41, 5.74) is 2.41. The lowest BCUT2D eigenvalue weighted by atomic mass is 10.00. The van der Waals surface area contributed by atoms with Crippen LogP contribution >= 0.6 is 0 Å². The van der Waals surface area contributed by atoms with Crippen molar-refractivity contribution in [2.24, 2.45) is 0 Å².